The lowest BCUT2D eigenvalue weighted by atomic mass is 10.0. The monoisotopic (exact) mass is 323 g/mol. The summed E-state index contributed by atoms with van der Waals surface area (Å²) in [6.45, 7) is 0.798. The van der Waals surface area contributed by atoms with Crippen LogP contribution >= 0.6 is 15.9 Å². The van der Waals surface area contributed by atoms with E-state index in [0.717, 1.165) is 35.8 Å². The molecule has 1 heterocycles. The molecule has 1 N–H and O–H groups in total. The van der Waals surface area contributed by atoms with Gasteiger partial charge in [0.05, 0.1) is 12.6 Å². The number of benzene rings is 1. The van der Waals surface area contributed by atoms with E-state index >= 15 is 0 Å². The number of likely N-dealkylation sites (tertiary alicyclic amines) is 1. The average Bonchev–Trinajstić information content (AvgIpc) is 2.46. The van der Waals surface area contributed by atoms with Gasteiger partial charge in [0.2, 0.25) is 5.91 Å². The number of piperidine rings is 1. The Bertz CT molecular complexity index is 456. The topological polar surface area (TPSA) is 40.5 Å². The fourth-order valence-corrected chi connectivity index (χ4v) is 2.58. The normalized spacial score (nSPS) is 19.9. The van der Waals surface area contributed by atoms with Gasteiger partial charge in [-0.25, -0.2) is 0 Å². The molecule has 1 unspecified atom stereocenters. The zero-order chi connectivity index (χ0) is 13.7. The second kappa shape index (κ2) is 6.87. The van der Waals surface area contributed by atoms with Gasteiger partial charge in [0.25, 0.3) is 0 Å². The highest BCUT2D eigenvalue weighted by atomic mass is 79.9. The third-order valence-corrected chi connectivity index (χ3v) is 3.94. The predicted molar refractivity (Wildman–Crippen MR) is 79.6 cm³/mol. The number of aliphatic hydroxyl groups excluding tert-OH is 1. The second-order valence-corrected chi connectivity index (χ2v) is 5.66. The molecule has 1 fully saturated rings. The van der Waals surface area contributed by atoms with Crippen LogP contribution in [0.25, 0.3) is 6.08 Å². The van der Waals surface area contributed by atoms with Crippen molar-refractivity contribution in [2.24, 2.45) is 0 Å². The second-order valence-electron chi connectivity index (χ2n) is 4.75. The van der Waals surface area contributed by atoms with Crippen molar-refractivity contribution in [2.75, 3.05) is 13.2 Å². The van der Waals surface area contributed by atoms with Crippen molar-refractivity contribution in [3.8, 4) is 0 Å². The van der Waals surface area contributed by atoms with Crippen molar-refractivity contribution in [2.45, 2.75) is 25.3 Å². The highest BCUT2D eigenvalue weighted by Crippen LogP contribution is 2.17. The summed E-state index contributed by atoms with van der Waals surface area (Å²) in [5.41, 5.74) is 0.995. The van der Waals surface area contributed by atoms with E-state index in [2.05, 4.69) is 15.9 Å². The molecule has 0 saturated carbocycles. The zero-order valence-electron chi connectivity index (χ0n) is 10.8. The van der Waals surface area contributed by atoms with Crippen LogP contribution in [0.1, 0.15) is 24.8 Å². The summed E-state index contributed by atoms with van der Waals surface area (Å²) in [4.78, 5) is 13.9. The summed E-state index contributed by atoms with van der Waals surface area (Å²) in [7, 11) is 0. The average molecular weight is 324 g/mol. The van der Waals surface area contributed by atoms with E-state index in [1.807, 2.05) is 30.3 Å². The van der Waals surface area contributed by atoms with Crippen LogP contribution in [0.5, 0.6) is 0 Å². The molecule has 1 aliphatic heterocycles. The molecule has 0 aromatic heterocycles. The van der Waals surface area contributed by atoms with Crippen molar-refractivity contribution < 1.29 is 9.90 Å². The number of aliphatic hydroxyl groups is 1. The number of carbonyl (C=O) groups is 1. The lowest BCUT2D eigenvalue weighted by molar-refractivity contribution is -0.130. The summed E-state index contributed by atoms with van der Waals surface area (Å²) < 4.78 is 1.02. The van der Waals surface area contributed by atoms with Gasteiger partial charge in [0, 0.05) is 17.1 Å². The number of carbonyl (C=O) groups excluding carboxylic acids is 1. The molecule has 19 heavy (non-hydrogen) atoms. The fraction of sp³-hybridized carbons (Fsp3) is 0.400. The van der Waals surface area contributed by atoms with Crippen LogP contribution < -0.4 is 0 Å². The van der Waals surface area contributed by atoms with Crippen LogP contribution in [-0.2, 0) is 4.79 Å². The molecule has 102 valence electrons. The standard InChI is InChI=1S/C15H18BrNO2/c16-13-7-4-12(5-8-13)6-9-15(19)17-10-2-1-3-14(17)11-18/h4-9,14,18H,1-3,10-11H2/b9-6+. The zero-order valence-corrected chi connectivity index (χ0v) is 12.3. The molecule has 1 aliphatic rings. The van der Waals surface area contributed by atoms with Gasteiger partial charge in [0.15, 0.2) is 0 Å². The molecule has 0 aliphatic carbocycles. The molecule has 3 nitrogen and oxygen atoms in total. The van der Waals surface area contributed by atoms with Gasteiger partial charge in [0.1, 0.15) is 0 Å². The van der Waals surface area contributed by atoms with Crippen molar-refractivity contribution in [1.82, 2.24) is 4.90 Å². The number of halogens is 1. The van der Waals surface area contributed by atoms with Gasteiger partial charge in [-0.05, 0) is 43.0 Å². The Kier molecular flexibility index (Phi) is 5.16. The summed E-state index contributed by atoms with van der Waals surface area (Å²) >= 11 is 3.38. The molecule has 1 atom stereocenters. The largest absolute Gasteiger partial charge is 0.394 e. The van der Waals surface area contributed by atoms with E-state index in [0.29, 0.717) is 0 Å². The van der Waals surface area contributed by atoms with Crippen LogP contribution in [0.2, 0.25) is 0 Å². The Balaban J connectivity index is 2.01. The van der Waals surface area contributed by atoms with Crippen LogP contribution in [0, 0.1) is 0 Å². The molecule has 0 spiro atoms. The van der Waals surface area contributed by atoms with Crippen LogP contribution in [-0.4, -0.2) is 35.1 Å². The highest BCUT2D eigenvalue weighted by Gasteiger charge is 2.24. The number of hydrogen-bond donors (Lipinski definition) is 1. The Morgan fingerprint density at radius 3 is 2.79 bits per heavy atom. The van der Waals surface area contributed by atoms with Crippen LogP contribution in [0.3, 0.4) is 0 Å². The van der Waals surface area contributed by atoms with Gasteiger partial charge in [-0.3, -0.25) is 4.79 Å². The Morgan fingerprint density at radius 2 is 2.11 bits per heavy atom. The molecule has 4 heteroatoms. The minimum atomic E-state index is -0.0178. The number of nitrogens with zero attached hydrogens (tertiary/aromatic N) is 1. The van der Waals surface area contributed by atoms with Gasteiger partial charge in [-0.2, -0.15) is 0 Å². The SMILES string of the molecule is O=C(/C=C/c1ccc(Br)cc1)N1CCCCC1CO. The maximum Gasteiger partial charge on any atom is 0.246 e. The van der Waals surface area contributed by atoms with Crippen molar-refractivity contribution in [1.29, 1.82) is 0 Å². The first kappa shape index (κ1) is 14.3. The maximum absolute atomic E-state index is 12.1. The summed E-state index contributed by atoms with van der Waals surface area (Å²) in [5, 5.41) is 9.30. The van der Waals surface area contributed by atoms with Gasteiger partial charge >= 0.3 is 0 Å². The van der Waals surface area contributed by atoms with E-state index in [1.165, 1.54) is 0 Å². The Hall–Kier alpha value is -1.13. The first-order valence-electron chi connectivity index (χ1n) is 6.56. The first-order valence-corrected chi connectivity index (χ1v) is 7.35. The highest BCUT2D eigenvalue weighted by molar-refractivity contribution is 9.10. The lowest BCUT2D eigenvalue weighted by Gasteiger charge is -2.33. The van der Waals surface area contributed by atoms with E-state index in [9.17, 15) is 9.90 Å². The summed E-state index contributed by atoms with van der Waals surface area (Å²) in [6, 6.07) is 7.78. The van der Waals surface area contributed by atoms with E-state index in [1.54, 1.807) is 11.0 Å². The van der Waals surface area contributed by atoms with Crippen molar-refractivity contribution >= 4 is 27.9 Å². The minimum Gasteiger partial charge on any atom is -0.394 e. The third-order valence-electron chi connectivity index (χ3n) is 3.41. The number of hydrogen-bond acceptors (Lipinski definition) is 2. The lowest BCUT2D eigenvalue weighted by Crippen LogP contribution is -2.44. The Morgan fingerprint density at radius 1 is 1.37 bits per heavy atom. The predicted octanol–water partition coefficient (Wildman–Crippen LogP) is 2.84. The van der Waals surface area contributed by atoms with Gasteiger partial charge in [-0.1, -0.05) is 28.1 Å². The third kappa shape index (κ3) is 3.91. The molecule has 1 amide bonds. The molecular formula is C15H18BrNO2. The van der Waals surface area contributed by atoms with Gasteiger partial charge < -0.3 is 10.0 Å². The van der Waals surface area contributed by atoms with Gasteiger partial charge in [-0.15, -0.1) is 0 Å². The maximum atomic E-state index is 12.1. The van der Waals surface area contributed by atoms with E-state index in [4.69, 9.17) is 0 Å². The number of rotatable bonds is 3. The minimum absolute atomic E-state index is 0.0123. The van der Waals surface area contributed by atoms with E-state index < -0.39 is 0 Å². The fourth-order valence-electron chi connectivity index (χ4n) is 2.32. The molecule has 0 bridgehead atoms. The summed E-state index contributed by atoms with van der Waals surface area (Å²) in [5.74, 6) is -0.0123. The molecule has 2 rings (SSSR count). The molecule has 1 aromatic carbocycles. The van der Waals surface area contributed by atoms with E-state index in [-0.39, 0.29) is 18.6 Å². The molecular weight excluding hydrogens is 306 g/mol. The van der Waals surface area contributed by atoms with Crippen molar-refractivity contribution in [3.63, 3.8) is 0 Å². The van der Waals surface area contributed by atoms with Crippen LogP contribution in [0.4, 0.5) is 0 Å². The van der Waals surface area contributed by atoms with Crippen molar-refractivity contribution in [3.05, 3.63) is 40.4 Å². The quantitative estimate of drug-likeness (QED) is 0.869. The molecule has 0 radical (unpaired) electrons. The Labute approximate surface area is 122 Å². The smallest absolute Gasteiger partial charge is 0.246 e. The van der Waals surface area contributed by atoms with Crippen LogP contribution in [0.15, 0.2) is 34.8 Å². The first-order chi connectivity index (χ1) is 9.20. The molecule has 1 saturated heterocycles. The molecule has 1 aromatic rings. The number of amides is 1. The summed E-state index contributed by atoms with van der Waals surface area (Å²) in [6.07, 6.45) is 6.42.